The SMILES string of the molecule is CC(C)NC(=O)[C@H](Cc1ccccc1)N(Cc1ccc(Br)cc1)C(=O)CCc1ccccc1Cl. The molecule has 0 saturated heterocycles. The Kier molecular flexibility index (Phi) is 9.73. The molecular weight excluding hydrogens is 512 g/mol. The number of halogens is 2. The van der Waals surface area contributed by atoms with Crippen molar-refractivity contribution in [1.82, 2.24) is 10.2 Å². The number of benzene rings is 3. The number of hydrogen-bond acceptors (Lipinski definition) is 2. The quantitative estimate of drug-likeness (QED) is 0.332. The van der Waals surface area contributed by atoms with Crippen LogP contribution in [-0.2, 0) is 29.0 Å². The van der Waals surface area contributed by atoms with E-state index in [0.29, 0.717) is 24.4 Å². The Morgan fingerprint density at radius 2 is 1.56 bits per heavy atom. The maximum Gasteiger partial charge on any atom is 0.243 e. The van der Waals surface area contributed by atoms with Crippen LogP contribution in [0.3, 0.4) is 0 Å². The van der Waals surface area contributed by atoms with Gasteiger partial charge in [-0.1, -0.05) is 88.2 Å². The molecule has 0 radical (unpaired) electrons. The van der Waals surface area contributed by atoms with Gasteiger partial charge in [0, 0.05) is 34.9 Å². The third kappa shape index (κ3) is 7.71. The van der Waals surface area contributed by atoms with Crippen molar-refractivity contribution >= 4 is 39.3 Å². The molecule has 1 atom stereocenters. The minimum Gasteiger partial charge on any atom is -0.352 e. The highest BCUT2D eigenvalue weighted by Gasteiger charge is 2.30. The molecule has 4 nitrogen and oxygen atoms in total. The van der Waals surface area contributed by atoms with Gasteiger partial charge in [-0.15, -0.1) is 0 Å². The lowest BCUT2D eigenvalue weighted by molar-refractivity contribution is -0.141. The molecule has 34 heavy (non-hydrogen) atoms. The van der Waals surface area contributed by atoms with Crippen molar-refractivity contribution in [3.05, 3.63) is 105 Å². The van der Waals surface area contributed by atoms with Gasteiger partial charge in [0.15, 0.2) is 0 Å². The summed E-state index contributed by atoms with van der Waals surface area (Å²) in [7, 11) is 0. The van der Waals surface area contributed by atoms with Gasteiger partial charge in [-0.3, -0.25) is 9.59 Å². The van der Waals surface area contributed by atoms with Crippen LogP contribution < -0.4 is 5.32 Å². The Hall–Kier alpha value is -2.63. The van der Waals surface area contributed by atoms with Crippen LogP contribution in [0.25, 0.3) is 0 Å². The summed E-state index contributed by atoms with van der Waals surface area (Å²) >= 11 is 9.78. The van der Waals surface area contributed by atoms with Crippen LogP contribution in [0.2, 0.25) is 5.02 Å². The number of carbonyl (C=O) groups is 2. The van der Waals surface area contributed by atoms with Crippen molar-refractivity contribution in [3.8, 4) is 0 Å². The molecule has 3 aromatic rings. The van der Waals surface area contributed by atoms with Crippen LogP contribution in [0.1, 0.15) is 37.0 Å². The Morgan fingerprint density at radius 1 is 0.912 bits per heavy atom. The summed E-state index contributed by atoms with van der Waals surface area (Å²) in [4.78, 5) is 28.7. The number of hydrogen-bond donors (Lipinski definition) is 1. The predicted molar refractivity (Wildman–Crippen MR) is 142 cm³/mol. The summed E-state index contributed by atoms with van der Waals surface area (Å²) in [6.45, 7) is 4.20. The standard InChI is InChI=1S/C28H30BrClN2O2/c1-20(2)31-28(34)26(18-21-8-4-3-5-9-21)32(19-22-12-15-24(29)16-13-22)27(33)17-14-23-10-6-7-11-25(23)30/h3-13,15-16,20,26H,14,17-19H2,1-2H3,(H,31,34)/t26-/m0/s1. The summed E-state index contributed by atoms with van der Waals surface area (Å²) < 4.78 is 0.964. The summed E-state index contributed by atoms with van der Waals surface area (Å²) in [6.07, 6.45) is 1.22. The zero-order valence-electron chi connectivity index (χ0n) is 19.5. The average molecular weight is 542 g/mol. The van der Waals surface area contributed by atoms with Crippen LogP contribution in [0.5, 0.6) is 0 Å². The monoisotopic (exact) mass is 540 g/mol. The van der Waals surface area contributed by atoms with Crippen LogP contribution in [0, 0.1) is 0 Å². The van der Waals surface area contributed by atoms with Gasteiger partial charge in [0.2, 0.25) is 11.8 Å². The maximum atomic E-state index is 13.6. The molecule has 0 aromatic heterocycles. The lowest BCUT2D eigenvalue weighted by Crippen LogP contribution is -2.51. The molecular formula is C28H30BrClN2O2. The van der Waals surface area contributed by atoms with Gasteiger partial charge in [0.05, 0.1) is 0 Å². The highest BCUT2D eigenvalue weighted by Crippen LogP contribution is 2.21. The summed E-state index contributed by atoms with van der Waals surface area (Å²) in [5.74, 6) is -0.232. The molecule has 0 unspecified atom stereocenters. The fourth-order valence-electron chi connectivity index (χ4n) is 3.81. The topological polar surface area (TPSA) is 49.4 Å². The number of aryl methyl sites for hydroxylation is 1. The van der Waals surface area contributed by atoms with Crippen molar-refractivity contribution < 1.29 is 9.59 Å². The minimum absolute atomic E-state index is 0.0291. The first-order chi connectivity index (χ1) is 16.3. The van der Waals surface area contributed by atoms with Gasteiger partial charge in [0.25, 0.3) is 0 Å². The van der Waals surface area contributed by atoms with E-state index in [1.807, 2.05) is 92.7 Å². The molecule has 0 aliphatic carbocycles. The molecule has 3 aromatic carbocycles. The van der Waals surface area contributed by atoms with Crippen molar-refractivity contribution in [2.75, 3.05) is 0 Å². The van der Waals surface area contributed by atoms with E-state index >= 15 is 0 Å². The second-order valence-electron chi connectivity index (χ2n) is 8.61. The van der Waals surface area contributed by atoms with Crippen molar-refractivity contribution in [2.24, 2.45) is 0 Å². The molecule has 1 N–H and O–H groups in total. The van der Waals surface area contributed by atoms with E-state index in [4.69, 9.17) is 11.6 Å². The zero-order chi connectivity index (χ0) is 24.5. The molecule has 0 spiro atoms. The van der Waals surface area contributed by atoms with Crippen LogP contribution in [0.4, 0.5) is 0 Å². The third-order valence-electron chi connectivity index (χ3n) is 5.53. The van der Waals surface area contributed by atoms with E-state index in [1.54, 1.807) is 4.90 Å². The molecule has 6 heteroatoms. The molecule has 0 aliphatic heterocycles. The van der Waals surface area contributed by atoms with E-state index in [2.05, 4.69) is 21.2 Å². The van der Waals surface area contributed by atoms with Crippen molar-refractivity contribution in [3.63, 3.8) is 0 Å². The number of carbonyl (C=O) groups excluding carboxylic acids is 2. The van der Waals surface area contributed by atoms with Crippen molar-refractivity contribution in [1.29, 1.82) is 0 Å². The highest BCUT2D eigenvalue weighted by molar-refractivity contribution is 9.10. The first-order valence-electron chi connectivity index (χ1n) is 11.4. The van der Waals surface area contributed by atoms with E-state index in [1.165, 1.54) is 0 Å². The van der Waals surface area contributed by atoms with Crippen LogP contribution in [0.15, 0.2) is 83.3 Å². The lowest BCUT2D eigenvalue weighted by Gasteiger charge is -2.32. The Labute approximate surface area is 215 Å². The van der Waals surface area contributed by atoms with Gasteiger partial charge < -0.3 is 10.2 Å². The summed E-state index contributed by atoms with van der Waals surface area (Å²) in [5.41, 5.74) is 2.89. The lowest BCUT2D eigenvalue weighted by atomic mass is 10.0. The van der Waals surface area contributed by atoms with Gasteiger partial charge >= 0.3 is 0 Å². The predicted octanol–water partition coefficient (Wildman–Crippen LogP) is 6.20. The zero-order valence-corrected chi connectivity index (χ0v) is 21.9. The molecule has 3 rings (SSSR count). The van der Waals surface area contributed by atoms with Gasteiger partial charge in [0.1, 0.15) is 6.04 Å². The fourth-order valence-corrected chi connectivity index (χ4v) is 4.30. The van der Waals surface area contributed by atoms with Gasteiger partial charge in [-0.25, -0.2) is 0 Å². The number of nitrogens with zero attached hydrogens (tertiary/aromatic N) is 1. The molecule has 0 heterocycles. The number of nitrogens with one attached hydrogen (secondary N) is 1. The summed E-state index contributed by atoms with van der Waals surface area (Å²) in [6, 6.07) is 24.5. The van der Waals surface area contributed by atoms with E-state index < -0.39 is 6.04 Å². The van der Waals surface area contributed by atoms with E-state index in [0.717, 1.165) is 21.2 Å². The van der Waals surface area contributed by atoms with Crippen LogP contribution >= 0.6 is 27.5 Å². The summed E-state index contributed by atoms with van der Waals surface area (Å²) in [5, 5.41) is 3.66. The number of rotatable bonds is 10. The molecule has 2 amide bonds. The second kappa shape index (κ2) is 12.7. The van der Waals surface area contributed by atoms with Crippen LogP contribution in [-0.4, -0.2) is 28.8 Å². The third-order valence-corrected chi connectivity index (χ3v) is 6.43. The molecule has 0 bridgehead atoms. The molecule has 0 aliphatic rings. The largest absolute Gasteiger partial charge is 0.352 e. The van der Waals surface area contributed by atoms with Gasteiger partial charge in [-0.05, 0) is 55.2 Å². The fraction of sp³-hybridized carbons (Fsp3) is 0.286. The Balaban J connectivity index is 1.91. The first-order valence-corrected chi connectivity index (χ1v) is 12.6. The average Bonchev–Trinajstić information content (AvgIpc) is 2.82. The minimum atomic E-state index is -0.632. The van der Waals surface area contributed by atoms with E-state index in [-0.39, 0.29) is 24.3 Å². The van der Waals surface area contributed by atoms with Crippen molar-refractivity contribution in [2.45, 2.75) is 51.7 Å². The highest BCUT2D eigenvalue weighted by atomic mass is 79.9. The van der Waals surface area contributed by atoms with Gasteiger partial charge in [-0.2, -0.15) is 0 Å². The number of amides is 2. The smallest absolute Gasteiger partial charge is 0.243 e. The molecule has 0 fully saturated rings. The normalized spacial score (nSPS) is 11.8. The van der Waals surface area contributed by atoms with E-state index in [9.17, 15) is 9.59 Å². The first kappa shape index (κ1) is 26.0. The Bertz CT molecular complexity index is 1090. The maximum absolute atomic E-state index is 13.6. The Morgan fingerprint density at radius 3 is 2.21 bits per heavy atom. The second-order valence-corrected chi connectivity index (χ2v) is 9.93. The molecule has 0 saturated carbocycles. The molecule has 178 valence electrons.